The summed E-state index contributed by atoms with van der Waals surface area (Å²) in [5, 5.41) is 19.1. The van der Waals surface area contributed by atoms with Crippen molar-refractivity contribution in [1.29, 1.82) is 0 Å². The fourth-order valence-electron chi connectivity index (χ4n) is 3.47. The van der Waals surface area contributed by atoms with E-state index in [0.29, 0.717) is 11.0 Å². The minimum atomic E-state index is -4.51. The van der Waals surface area contributed by atoms with Gasteiger partial charge in [0.2, 0.25) is 0 Å². The minimum Gasteiger partial charge on any atom is -0.756 e. The van der Waals surface area contributed by atoms with Crippen molar-refractivity contribution in [3.05, 3.63) is 108 Å². The van der Waals surface area contributed by atoms with Gasteiger partial charge in [-0.3, -0.25) is 4.57 Å². The topological polar surface area (TPSA) is 119 Å². The third-order valence-corrected chi connectivity index (χ3v) is 5.77. The Morgan fingerprint density at radius 1 is 0.861 bits per heavy atom. The van der Waals surface area contributed by atoms with E-state index in [2.05, 4.69) is 4.52 Å². The van der Waals surface area contributed by atoms with E-state index in [-0.39, 0.29) is 19.8 Å². The lowest BCUT2D eigenvalue weighted by Gasteiger charge is -2.36. The van der Waals surface area contributed by atoms with Gasteiger partial charge in [0.1, 0.15) is 24.9 Å². The summed E-state index contributed by atoms with van der Waals surface area (Å²) >= 11 is 0. The third-order valence-electron chi connectivity index (χ3n) is 5.26. The zero-order valence-electron chi connectivity index (χ0n) is 20.9. The van der Waals surface area contributed by atoms with Gasteiger partial charge in [-0.05, 0) is 16.7 Å². The molecule has 0 aliphatic carbocycles. The van der Waals surface area contributed by atoms with Crippen molar-refractivity contribution in [2.75, 3.05) is 47.5 Å². The maximum atomic E-state index is 10.1. The van der Waals surface area contributed by atoms with Crippen molar-refractivity contribution in [2.45, 2.75) is 11.7 Å². The largest absolute Gasteiger partial charge is 0.756 e. The number of aliphatic hydroxyl groups excluding tert-OH is 2. The molecule has 196 valence electrons. The van der Waals surface area contributed by atoms with Gasteiger partial charge in [0.25, 0.3) is 7.82 Å². The standard InChI is InChI=1S/C22H22O3.C5H14NO4P/c23-16-21(24)17-25-22(18-10-4-1-5-11-18,19-12-6-2-7-13-19)20-14-8-3-9-15-20;1-6(2,3)4-5-10-11(7,8)9/h1-15,21,23-24H,16-17H2;4-5H2,1-3H3,(H-,7,8,9)/t21-;/m1./s1. The Bertz CT molecular complexity index is 957. The molecule has 0 spiro atoms. The fourth-order valence-corrected chi connectivity index (χ4v) is 3.78. The number of rotatable bonds is 11. The van der Waals surface area contributed by atoms with Crippen LogP contribution in [0.5, 0.6) is 0 Å². The first-order valence-electron chi connectivity index (χ1n) is 11.6. The Balaban J connectivity index is 0.000000352. The van der Waals surface area contributed by atoms with Gasteiger partial charge >= 0.3 is 0 Å². The number of nitrogens with zero attached hydrogens (tertiary/aromatic N) is 1. The molecular formula is C27H36NO7P. The van der Waals surface area contributed by atoms with E-state index in [1.807, 2.05) is 112 Å². The summed E-state index contributed by atoms with van der Waals surface area (Å²) in [6.07, 6.45) is -0.935. The average molecular weight is 518 g/mol. The zero-order valence-corrected chi connectivity index (χ0v) is 21.8. The van der Waals surface area contributed by atoms with Crippen LogP contribution in [0.4, 0.5) is 0 Å². The lowest BCUT2D eigenvalue weighted by atomic mass is 9.80. The quantitative estimate of drug-likeness (QED) is 0.203. The molecule has 0 saturated heterocycles. The summed E-state index contributed by atoms with van der Waals surface area (Å²) in [6, 6.07) is 29.9. The number of hydrogen-bond donors (Lipinski definition) is 3. The van der Waals surface area contributed by atoms with Crippen LogP contribution in [-0.4, -0.2) is 73.2 Å². The number of benzene rings is 3. The van der Waals surface area contributed by atoms with Gasteiger partial charge < -0.3 is 33.7 Å². The summed E-state index contributed by atoms with van der Waals surface area (Å²) in [7, 11) is 1.19. The van der Waals surface area contributed by atoms with Crippen LogP contribution in [0.3, 0.4) is 0 Å². The second kappa shape index (κ2) is 13.8. The molecule has 0 aliphatic heterocycles. The number of likely N-dealkylation sites (N-methyl/N-ethyl adjacent to an activating group) is 1. The Morgan fingerprint density at radius 2 is 1.25 bits per heavy atom. The van der Waals surface area contributed by atoms with E-state index in [1.54, 1.807) is 0 Å². The Kier molecular flexibility index (Phi) is 11.4. The Hall–Kier alpha value is -2.39. The van der Waals surface area contributed by atoms with Crippen LogP contribution < -0.4 is 4.89 Å². The highest BCUT2D eigenvalue weighted by Crippen LogP contribution is 2.40. The van der Waals surface area contributed by atoms with Gasteiger partial charge in [-0.15, -0.1) is 0 Å². The predicted octanol–water partition coefficient (Wildman–Crippen LogP) is 2.52. The smallest absolute Gasteiger partial charge is 0.265 e. The SMILES string of the molecule is C[N+](C)(C)CCOP(=O)([O-])O.OC[C@@H](O)COC(c1ccccc1)(c1ccccc1)c1ccccc1. The highest BCUT2D eigenvalue weighted by atomic mass is 31.2. The molecule has 0 heterocycles. The van der Waals surface area contributed by atoms with E-state index in [4.69, 9.17) is 9.63 Å². The van der Waals surface area contributed by atoms with Crippen LogP contribution in [0.1, 0.15) is 16.7 Å². The van der Waals surface area contributed by atoms with Crippen molar-refractivity contribution in [3.63, 3.8) is 0 Å². The summed E-state index contributed by atoms with van der Waals surface area (Å²) in [5.74, 6) is 0. The van der Waals surface area contributed by atoms with Crippen molar-refractivity contribution in [1.82, 2.24) is 0 Å². The number of phosphoric ester groups is 1. The molecule has 0 bridgehead atoms. The van der Waals surface area contributed by atoms with Gasteiger partial charge in [-0.25, -0.2) is 0 Å². The van der Waals surface area contributed by atoms with E-state index in [9.17, 15) is 19.7 Å². The van der Waals surface area contributed by atoms with E-state index in [0.717, 1.165) is 16.7 Å². The number of quaternary nitrogens is 1. The van der Waals surface area contributed by atoms with Crippen LogP contribution in [0.25, 0.3) is 0 Å². The molecular weight excluding hydrogens is 481 g/mol. The summed E-state index contributed by atoms with van der Waals surface area (Å²) in [6.45, 7) is 0.233. The van der Waals surface area contributed by atoms with Crippen molar-refractivity contribution >= 4 is 7.82 Å². The second-order valence-electron chi connectivity index (χ2n) is 9.24. The van der Waals surface area contributed by atoms with Crippen LogP contribution in [-0.2, 0) is 19.4 Å². The Morgan fingerprint density at radius 3 is 1.56 bits per heavy atom. The van der Waals surface area contributed by atoms with Crippen LogP contribution in [0.2, 0.25) is 0 Å². The van der Waals surface area contributed by atoms with E-state index >= 15 is 0 Å². The molecule has 0 amide bonds. The summed E-state index contributed by atoms with van der Waals surface area (Å²) in [5.41, 5.74) is 2.05. The molecule has 2 atom stereocenters. The first-order valence-corrected chi connectivity index (χ1v) is 13.1. The molecule has 0 aromatic heterocycles. The maximum absolute atomic E-state index is 10.1. The second-order valence-corrected chi connectivity index (χ2v) is 10.4. The van der Waals surface area contributed by atoms with E-state index in [1.165, 1.54) is 0 Å². The minimum absolute atomic E-state index is 0.0147. The normalized spacial score (nSPS) is 14.3. The predicted molar refractivity (Wildman–Crippen MR) is 137 cm³/mol. The summed E-state index contributed by atoms with van der Waals surface area (Å²) < 4.78 is 21.1. The highest BCUT2D eigenvalue weighted by Gasteiger charge is 2.37. The number of ether oxygens (including phenoxy) is 1. The number of aliphatic hydroxyl groups is 2. The number of phosphoric acid groups is 1. The van der Waals surface area contributed by atoms with Crippen LogP contribution in [0, 0.1) is 0 Å². The molecule has 36 heavy (non-hydrogen) atoms. The van der Waals surface area contributed by atoms with Crippen molar-refractivity contribution in [2.24, 2.45) is 0 Å². The molecule has 3 aromatic rings. The molecule has 0 fully saturated rings. The molecule has 3 aromatic carbocycles. The van der Waals surface area contributed by atoms with Crippen LogP contribution >= 0.6 is 7.82 Å². The van der Waals surface area contributed by atoms with Crippen molar-refractivity contribution in [3.8, 4) is 0 Å². The lowest BCUT2D eigenvalue weighted by Crippen LogP contribution is -2.37. The molecule has 0 saturated carbocycles. The maximum Gasteiger partial charge on any atom is 0.265 e. The van der Waals surface area contributed by atoms with Crippen LogP contribution in [0.15, 0.2) is 91.0 Å². The lowest BCUT2D eigenvalue weighted by molar-refractivity contribution is -0.870. The molecule has 0 aliphatic rings. The molecule has 0 radical (unpaired) electrons. The molecule has 8 nitrogen and oxygen atoms in total. The summed E-state index contributed by atoms with van der Waals surface area (Å²) in [4.78, 5) is 18.3. The first kappa shape index (κ1) is 29.8. The zero-order chi connectivity index (χ0) is 26.7. The molecule has 3 rings (SSSR count). The molecule has 1 unspecified atom stereocenters. The van der Waals surface area contributed by atoms with E-state index < -0.39 is 19.5 Å². The van der Waals surface area contributed by atoms with Gasteiger partial charge in [0.05, 0.1) is 34.4 Å². The van der Waals surface area contributed by atoms with Gasteiger partial charge in [0.15, 0.2) is 0 Å². The monoisotopic (exact) mass is 517 g/mol. The number of hydrogen-bond acceptors (Lipinski definition) is 6. The average Bonchev–Trinajstić information content (AvgIpc) is 2.85. The third kappa shape index (κ3) is 9.58. The van der Waals surface area contributed by atoms with Gasteiger partial charge in [-0.1, -0.05) is 91.0 Å². The first-order chi connectivity index (χ1) is 17.0. The van der Waals surface area contributed by atoms with Gasteiger partial charge in [0, 0.05) is 0 Å². The van der Waals surface area contributed by atoms with Gasteiger partial charge in [-0.2, -0.15) is 0 Å². The fraction of sp³-hybridized carbons (Fsp3) is 0.333. The Labute approximate surface area is 213 Å². The highest BCUT2D eigenvalue weighted by molar-refractivity contribution is 7.44. The molecule has 9 heteroatoms. The molecule has 3 N–H and O–H groups in total. The van der Waals surface area contributed by atoms with Crippen molar-refractivity contribution < 1.29 is 38.3 Å².